The lowest BCUT2D eigenvalue weighted by Crippen LogP contribution is -2.37. The quantitative estimate of drug-likeness (QED) is 0.806. The topological polar surface area (TPSA) is 66.4 Å². The molecule has 0 heterocycles. The largest absolute Gasteiger partial charge is 0.481 e. The first-order valence-electron chi connectivity index (χ1n) is 8.51. The van der Waals surface area contributed by atoms with E-state index >= 15 is 0 Å². The third kappa shape index (κ3) is 5.45. The number of carboxylic acid groups (broad SMARTS) is 1. The number of amides is 1. The van der Waals surface area contributed by atoms with Gasteiger partial charge in [-0.3, -0.25) is 9.59 Å². The van der Waals surface area contributed by atoms with E-state index in [1.54, 1.807) is 0 Å². The number of aryl methyl sites for hydroxylation is 3. The first kappa shape index (κ1) is 18.7. The van der Waals surface area contributed by atoms with E-state index in [-0.39, 0.29) is 18.4 Å². The average molecular weight is 339 g/mol. The van der Waals surface area contributed by atoms with Gasteiger partial charge in [-0.2, -0.15) is 0 Å². The second-order valence-corrected chi connectivity index (χ2v) is 6.57. The van der Waals surface area contributed by atoms with Gasteiger partial charge in [-0.1, -0.05) is 48.0 Å². The zero-order chi connectivity index (χ0) is 18.4. The van der Waals surface area contributed by atoms with Gasteiger partial charge in [-0.15, -0.1) is 0 Å². The average Bonchev–Trinajstić information content (AvgIpc) is 2.52. The van der Waals surface area contributed by atoms with Gasteiger partial charge in [-0.05, 0) is 50.3 Å². The highest BCUT2D eigenvalue weighted by Gasteiger charge is 2.18. The predicted octanol–water partition coefficient (Wildman–Crippen LogP) is 3.82. The normalized spacial score (nSPS) is 11.8. The number of aliphatic carboxylic acids is 1. The van der Waals surface area contributed by atoms with Crippen LogP contribution in [0.3, 0.4) is 0 Å². The van der Waals surface area contributed by atoms with E-state index in [1.807, 2.05) is 63.2 Å². The summed E-state index contributed by atoms with van der Waals surface area (Å²) >= 11 is 0. The summed E-state index contributed by atoms with van der Waals surface area (Å²) in [5, 5.41) is 12.0. The molecule has 25 heavy (non-hydrogen) atoms. The molecule has 0 fully saturated rings. The fourth-order valence-corrected chi connectivity index (χ4v) is 3.22. The number of rotatable bonds is 7. The number of hydrogen-bond donors (Lipinski definition) is 2. The van der Waals surface area contributed by atoms with E-state index in [4.69, 9.17) is 5.11 Å². The Labute approximate surface area is 148 Å². The lowest BCUT2D eigenvalue weighted by atomic mass is 9.97. The lowest BCUT2D eigenvalue weighted by Gasteiger charge is -2.20. The third-order valence-electron chi connectivity index (χ3n) is 4.27. The number of carbonyl (C=O) groups excluding carboxylic acids is 1. The van der Waals surface area contributed by atoms with Gasteiger partial charge in [0, 0.05) is 18.0 Å². The van der Waals surface area contributed by atoms with Crippen molar-refractivity contribution in [1.82, 2.24) is 5.32 Å². The Balaban J connectivity index is 2.17. The zero-order valence-corrected chi connectivity index (χ0v) is 15.0. The summed E-state index contributed by atoms with van der Waals surface area (Å²) in [5.41, 5.74) is 4.76. The lowest BCUT2D eigenvalue weighted by molar-refractivity contribution is -0.137. The fourth-order valence-electron chi connectivity index (χ4n) is 3.22. The monoisotopic (exact) mass is 339 g/mol. The maximum Gasteiger partial charge on any atom is 0.303 e. The van der Waals surface area contributed by atoms with Crippen LogP contribution in [0, 0.1) is 20.8 Å². The van der Waals surface area contributed by atoms with E-state index in [9.17, 15) is 9.59 Å². The van der Waals surface area contributed by atoms with Crippen molar-refractivity contribution >= 4 is 11.9 Å². The SMILES string of the molecule is Cc1cc(C)c(C(=O)NC(CCC(=O)O)Cc2ccccc2)c(C)c1. The van der Waals surface area contributed by atoms with Gasteiger partial charge in [0.1, 0.15) is 0 Å². The van der Waals surface area contributed by atoms with Crippen molar-refractivity contribution in [1.29, 1.82) is 0 Å². The Morgan fingerprint density at radius 1 is 1.04 bits per heavy atom. The van der Waals surface area contributed by atoms with Gasteiger partial charge >= 0.3 is 5.97 Å². The van der Waals surface area contributed by atoms with Crippen molar-refractivity contribution in [2.45, 2.75) is 46.1 Å². The highest BCUT2D eigenvalue weighted by molar-refractivity contribution is 5.97. The van der Waals surface area contributed by atoms with Crippen molar-refractivity contribution < 1.29 is 14.7 Å². The zero-order valence-electron chi connectivity index (χ0n) is 15.0. The maximum atomic E-state index is 12.8. The Hall–Kier alpha value is -2.62. The van der Waals surface area contributed by atoms with Crippen molar-refractivity contribution in [3.63, 3.8) is 0 Å². The summed E-state index contributed by atoms with van der Waals surface area (Å²) < 4.78 is 0. The van der Waals surface area contributed by atoms with Crippen LogP contribution in [0.25, 0.3) is 0 Å². The predicted molar refractivity (Wildman–Crippen MR) is 98.9 cm³/mol. The fraction of sp³-hybridized carbons (Fsp3) is 0.333. The van der Waals surface area contributed by atoms with Gasteiger partial charge in [0.25, 0.3) is 5.91 Å². The summed E-state index contributed by atoms with van der Waals surface area (Å²) in [7, 11) is 0. The third-order valence-corrected chi connectivity index (χ3v) is 4.27. The molecule has 2 aromatic carbocycles. The summed E-state index contributed by atoms with van der Waals surface area (Å²) in [6.45, 7) is 5.86. The van der Waals surface area contributed by atoms with Gasteiger partial charge in [0.2, 0.25) is 0 Å². The number of carbonyl (C=O) groups is 2. The molecule has 0 saturated carbocycles. The molecule has 4 nitrogen and oxygen atoms in total. The van der Waals surface area contributed by atoms with Crippen molar-refractivity contribution in [3.8, 4) is 0 Å². The second-order valence-electron chi connectivity index (χ2n) is 6.57. The molecule has 0 aromatic heterocycles. The summed E-state index contributed by atoms with van der Waals surface area (Å²) in [4.78, 5) is 23.7. The van der Waals surface area contributed by atoms with E-state index in [1.165, 1.54) is 0 Å². The Morgan fingerprint density at radius 2 is 1.64 bits per heavy atom. The molecule has 4 heteroatoms. The Kier molecular flexibility index (Phi) is 6.34. The number of hydrogen-bond acceptors (Lipinski definition) is 2. The van der Waals surface area contributed by atoms with E-state index in [0.29, 0.717) is 18.4 Å². The van der Waals surface area contributed by atoms with Crippen LogP contribution in [0.5, 0.6) is 0 Å². The van der Waals surface area contributed by atoms with Crippen LogP contribution in [0.4, 0.5) is 0 Å². The minimum Gasteiger partial charge on any atom is -0.481 e. The van der Waals surface area contributed by atoms with E-state index in [2.05, 4.69) is 5.32 Å². The summed E-state index contributed by atoms with van der Waals surface area (Å²) in [6, 6.07) is 13.6. The highest BCUT2D eigenvalue weighted by atomic mass is 16.4. The van der Waals surface area contributed by atoms with E-state index in [0.717, 1.165) is 22.3 Å². The standard InChI is InChI=1S/C21H25NO3/c1-14-11-15(2)20(16(3)12-14)21(25)22-18(9-10-19(23)24)13-17-7-5-4-6-8-17/h4-8,11-12,18H,9-10,13H2,1-3H3,(H,22,25)(H,23,24). The minimum absolute atomic E-state index is 0.0314. The van der Waals surface area contributed by atoms with Gasteiger partial charge in [0.05, 0.1) is 0 Å². The van der Waals surface area contributed by atoms with Crippen molar-refractivity contribution in [3.05, 3.63) is 70.3 Å². The Bertz CT molecular complexity index is 730. The van der Waals surface area contributed by atoms with Gasteiger partial charge in [0.15, 0.2) is 0 Å². The number of benzene rings is 2. The smallest absolute Gasteiger partial charge is 0.303 e. The number of nitrogens with one attached hydrogen (secondary N) is 1. The van der Waals surface area contributed by atoms with Gasteiger partial charge < -0.3 is 10.4 Å². The molecule has 2 aromatic rings. The highest BCUT2D eigenvalue weighted by Crippen LogP contribution is 2.17. The Morgan fingerprint density at radius 3 is 2.20 bits per heavy atom. The molecule has 1 atom stereocenters. The molecule has 0 aliphatic heterocycles. The molecule has 2 N–H and O–H groups in total. The molecular weight excluding hydrogens is 314 g/mol. The molecule has 0 saturated heterocycles. The van der Waals surface area contributed by atoms with Crippen LogP contribution in [0.15, 0.2) is 42.5 Å². The van der Waals surface area contributed by atoms with Crippen LogP contribution in [-0.2, 0) is 11.2 Å². The molecular formula is C21H25NO3. The van der Waals surface area contributed by atoms with Crippen LogP contribution in [-0.4, -0.2) is 23.0 Å². The molecule has 2 rings (SSSR count). The molecule has 0 aliphatic rings. The second kappa shape index (κ2) is 8.47. The van der Waals surface area contributed by atoms with Crippen LogP contribution in [0.2, 0.25) is 0 Å². The number of carboxylic acids is 1. The van der Waals surface area contributed by atoms with Crippen LogP contribution < -0.4 is 5.32 Å². The molecule has 1 unspecified atom stereocenters. The molecule has 0 spiro atoms. The molecule has 1 amide bonds. The van der Waals surface area contributed by atoms with Crippen molar-refractivity contribution in [2.75, 3.05) is 0 Å². The molecule has 0 radical (unpaired) electrons. The van der Waals surface area contributed by atoms with Gasteiger partial charge in [-0.25, -0.2) is 0 Å². The molecule has 0 aliphatic carbocycles. The first-order chi connectivity index (χ1) is 11.9. The first-order valence-corrected chi connectivity index (χ1v) is 8.51. The van der Waals surface area contributed by atoms with Crippen molar-refractivity contribution in [2.24, 2.45) is 0 Å². The minimum atomic E-state index is -0.852. The maximum absolute atomic E-state index is 12.8. The van der Waals surface area contributed by atoms with Crippen LogP contribution in [0.1, 0.15) is 45.5 Å². The molecule has 132 valence electrons. The molecule has 0 bridgehead atoms. The van der Waals surface area contributed by atoms with Crippen LogP contribution >= 0.6 is 0 Å². The summed E-state index contributed by atoms with van der Waals surface area (Å²) in [6.07, 6.45) is 1.05. The summed E-state index contributed by atoms with van der Waals surface area (Å²) in [5.74, 6) is -0.990. The van der Waals surface area contributed by atoms with E-state index < -0.39 is 5.97 Å².